The number of phenols is 1. The Balaban J connectivity index is 0.00000661. The molecule has 2 atom stereocenters. The van der Waals surface area contributed by atoms with Crippen LogP contribution >= 0.6 is 0 Å². The first-order valence-electron chi connectivity index (χ1n) is 21.1. The number of nitrogens with one attached hydrogen (secondary N) is 3. The van der Waals surface area contributed by atoms with Crippen LogP contribution in [-0.2, 0) is 16.0 Å². The molecule has 63 heavy (non-hydrogen) atoms. The van der Waals surface area contributed by atoms with Crippen molar-refractivity contribution in [2.75, 3.05) is 42.2 Å². The molecule has 7 rings (SSSR count). The number of anilines is 3. The second-order valence-electron chi connectivity index (χ2n) is 16.1. The first-order chi connectivity index (χ1) is 30.0. The van der Waals surface area contributed by atoms with E-state index >= 15 is 0 Å². The molecular formula is C51H57N5O7. The van der Waals surface area contributed by atoms with E-state index in [1.807, 2.05) is 84.9 Å². The average Bonchev–Trinajstić information content (AvgIpc) is 3.29. The molecule has 12 nitrogen and oxygen atoms in total. The zero-order chi connectivity index (χ0) is 43.6. The molecule has 3 amide bonds. The molecule has 12 heteroatoms. The fourth-order valence-electron chi connectivity index (χ4n) is 8.00. The number of ether oxygens (including phenoxy) is 1. The van der Waals surface area contributed by atoms with Crippen LogP contribution in [0.3, 0.4) is 0 Å². The van der Waals surface area contributed by atoms with E-state index in [9.17, 15) is 29.4 Å². The SMILES string of the molecule is C.C[C@@H](CC[C@H](O)c1ccc(O)c2[nH]c(=O)ccc12)Cc1ccc(NC(=O)c2cccc(N(C)C(=O)CCN3CCC(OC(=O)Nc4ccccc4-c4ccccc4)CC3)c2)cc1. The lowest BCUT2D eigenvalue weighted by Crippen LogP contribution is -2.40. The van der Waals surface area contributed by atoms with Crippen LogP contribution in [0.4, 0.5) is 21.9 Å². The van der Waals surface area contributed by atoms with Crippen LogP contribution in [0.15, 0.2) is 132 Å². The molecule has 1 aromatic heterocycles. The van der Waals surface area contributed by atoms with Gasteiger partial charge in [-0.25, -0.2) is 4.79 Å². The van der Waals surface area contributed by atoms with Gasteiger partial charge in [0, 0.05) is 67.1 Å². The number of benzene rings is 5. The number of hydrogen-bond donors (Lipinski definition) is 5. The number of aromatic amines is 1. The zero-order valence-electron chi connectivity index (χ0n) is 35.1. The molecule has 1 aliphatic rings. The summed E-state index contributed by atoms with van der Waals surface area (Å²) in [6, 6.07) is 38.4. The van der Waals surface area contributed by atoms with Crippen molar-refractivity contribution in [1.82, 2.24) is 9.88 Å². The minimum atomic E-state index is -0.755. The predicted molar refractivity (Wildman–Crippen MR) is 250 cm³/mol. The summed E-state index contributed by atoms with van der Waals surface area (Å²) in [5.74, 6) is -0.127. The predicted octanol–water partition coefficient (Wildman–Crippen LogP) is 9.55. The summed E-state index contributed by atoms with van der Waals surface area (Å²) in [5, 5.41) is 27.7. The van der Waals surface area contributed by atoms with Gasteiger partial charge in [0.2, 0.25) is 11.5 Å². The lowest BCUT2D eigenvalue weighted by atomic mass is 9.92. The largest absolute Gasteiger partial charge is 0.506 e. The number of aliphatic hydroxyl groups is 1. The van der Waals surface area contributed by atoms with E-state index in [2.05, 4.69) is 27.4 Å². The third-order valence-electron chi connectivity index (χ3n) is 11.6. The molecule has 328 valence electrons. The molecule has 1 aliphatic heterocycles. The number of aromatic nitrogens is 1. The van der Waals surface area contributed by atoms with Gasteiger partial charge in [-0.3, -0.25) is 19.7 Å². The van der Waals surface area contributed by atoms with Crippen LogP contribution < -0.4 is 21.1 Å². The Morgan fingerprint density at radius 3 is 2.35 bits per heavy atom. The highest BCUT2D eigenvalue weighted by atomic mass is 16.6. The van der Waals surface area contributed by atoms with Crippen molar-refractivity contribution >= 4 is 45.9 Å². The smallest absolute Gasteiger partial charge is 0.411 e. The molecule has 0 bridgehead atoms. The van der Waals surface area contributed by atoms with Crippen LogP contribution in [0.25, 0.3) is 22.0 Å². The quantitative estimate of drug-likeness (QED) is 0.0682. The maximum Gasteiger partial charge on any atom is 0.411 e. The van der Waals surface area contributed by atoms with Crippen molar-refractivity contribution in [3.8, 4) is 16.9 Å². The number of hydrogen-bond acceptors (Lipinski definition) is 8. The number of para-hydroxylation sites is 1. The number of aliphatic hydroxyl groups excluding tert-OH is 1. The van der Waals surface area contributed by atoms with Crippen LogP contribution in [-0.4, -0.2) is 70.8 Å². The molecule has 0 aliphatic carbocycles. The minimum Gasteiger partial charge on any atom is -0.506 e. The highest BCUT2D eigenvalue weighted by molar-refractivity contribution is 6.05. The number of piperidine rings is 1. The van der Waals surface area contributed by atoms with Crippen LogP contribution in [0.2, 0.25) is 0 Å². The number of phenolic OH excluding ortho intramolecular Hbond substituents is 1. The fraction of sp³-hybridized carbons (Fsp3) is 0.294. The normalized spacial score (nSPS) is 14.0. The Hall–Kier alpha value is -6.76. The molecule has 0 spiro atoms. The van der Waals surface area contributed by atoms with Gasteiger partial charge in [0.05, 0.1) is 17.3 Å². The van der Waals surface area contributed by atoms with Crippen molar-refractivity contribution in [3.63, 3.8) is 0 Å². The van der Waals surface area contributed by atoms with E-state index in [1.165, 1.54) is 12.1 Å². The molecule has 5 N–H and O–H groups in total. The Kier molecular flexibility index (Phi) is 15.5. The van der Waals surface area contributed by atoms with Crippen molar-refractivity contribution in [2.45, 2.75) is 65.1 Å². The number of fused-ring (bicyclic) bond motifs is 1. The van der Waals surface area contributed by atoms with E-state index in [4.69, 9.17) is 4.74 Å². The molecular weight excluding hydrogens is 795 g/mol. The van der Waals surface area contributed by atoms with Gasteiger partial charge in [0.15, 0.2) is 0 Å². The van der Waals surface area contributed by atoms with E-state index in [1.54, 1.807) is 42.3 Å². The zero-order valence-corrected chi connectivity index (χ0v) is 35.1. The van der Waals surface area contributed by atoms with Gasteiger partial charge in [0.1, 0.15) is 11.9 Å². The van der Waals surface area contributed by atoms with Gasteiger partial charge in [-0.1, -0.05) is 87.1 Å². The molecule has 0 radical (unpaired) electrons. The van der Waals surface area contributed by atoms with Crippen molar-refractivity contribution in [2.24, 2.45) is 5.92 Å². The topological polar surface area (TPSA) is 164 Å². The number of rotatable bonds is 15. The van der Waals surface area contributed by atoms with Gasteiger partial charge in [0.25, 0.3) is 5.91 Å². The molecule has 0 unspecified atom stereocenters. The van der Waals surface area contributed by atoms with Gasteiger partial charge in [-0.05, 0) is 103 Å². The standard InChI is InChI=1S/C50H53N5O7.CH4/c1-33(15-22-44(56)41-20-23-45(57)48-42(41)21-24-46(58)53-48)31-34-16-18-37(19-17-34)51-49(60)36-11-8-12-38(32-36)54(2)47(59)27-30-55-28-25-39(26-29-55)62-50(61)52-43-14-7-6-13-40(43)35-9-4-3-5-10-35;/h3-14,16-21,23-24,32-33,39,44,56-57H,15,22,25-31H2,1-2H3,(H,51,60)(H,52,61)(H,53,58);1H4/t33-,44-;/m0./s1. The number of pyridine rings is 1. The Bertz CT molecular complexity index is 2550. The average molecular weight is 852 g/mol. The molecule has 5 aromatic carbocycles. The number of aromatic hydroxyl groups is 1. The van der Waals surface area contributed by atoms with Crippen LogP contribution in [0.1, 0.15) is 74.0 Å². The number of carbonyl (C=O) groups excluding carboxylic acids is 3. The number of nitrogens with zero attached hydrogens (tertiary/aromatic N) is 2. The van der Waals surface area contributed by atoms with E-state index < -0.39 is 12.2 Å². The summed E-state index contributed by atoms with van der Waals surface area (Å²) in [7, 11) is 1.72. The summed E-state index contributed by atoms with van der Waals surface area (Å²) in [5.41, 5.74) is 6.08. The Morgan fingerprint density at radius 1 is 0.857 bits per heavy atom. The van der Waals surface area contributed by atoms with Crippen LogP contribution in [0.5, 0.6) is 5.75 Å². The summed E-state index contributed by atoms with van der Waals surface area (Å²) >= 11 is 0. The van der Waals surface area contributed by atoms with Crippen LogP contribution in [0, 0.1) is 5.92 Å². The van der Waals surface area contributed by atoms with Crippen molar-refractivity contribution in [3.05, 3.63) is 154 Å². The molecule has 1 fully saturated rings. The number of H-pyrrole nitrogens is 1. The van der Waals surface area contributed by atoms with Crippen molar-refractivity contribution < 1.29 is 29.3 Å². The molecule has 6 aromatic rings. The van der Waals surface area contributed by atoms with Gasteiger partial charge < -0.3 is 35.1 Å². The van der Waals surface area contributed by atoms with Crippen molar-refractivity contribution in [1.29, 1.82) is 0 Å². The summed E-state index contributed by atoms with van der Waals surface area (Å²) in [6.45, 7) is 4.12. The first kappa shape index (κ1) is 45.8. The Morgan fingerprint density at radius 2 is 1.59 bits per heavy atom. The van der Waals surface area contributed by atoms with Gasteiger partial charge >= 0.3 is 6.09 Å². The van der Waals surface area contributed by atoms with E-state index in [-0.39, 0.29) is 42.6 Å². The lowest BCUT2D eigenvalue weighted by Gasteiger charge is -2.31. The van der Waals surface area contributed by atoms with Gasteiger partial charge in [-0.15, -0.1) is 0 Å². The number of carbonyl (C=O) groups is 3. The molecule has 2 heterocycles. The monoisotopic (exact) mass is 851 g/mol. The maximum absolute atomic E-state index is 13.3. The highest BCUT2D eigenvalue weighted by Gasteiger charge is 2.24. The summed E-state index contributed by atoms with van der Waals surface area (Å²) < 4.78 is 5.78. The molecule has 1 saturated heterocycles. The van der Waals surface area contributed by atoms with E-state index in [0.717, 1.165) is 29.5 Å². The second-order valence-corrected chi connectivity index (χ2v) is 16.1. The minimum absolute atomic E-state index is 0. The van der Waals surface area contributed by atoms with E-state index in [0.29, 0.717) is 84.4 Å². The summed E-state index contributed by atoms with van der Waals surface area (Å²) in [6.07, 6.45) is 2.26. The number of likely N-dealkylation sites (tertiary alicyclic amines) is 1. The highest BCUT2D eigenvalue weighted by Crippen LogP contribution is 2.32. The second kappa shape index (κ2) is 21.4. The summed E-state index contributed by atoms with van der Waals surface area (Å²) in [4.78, 5) is 57.6. The maximum atomic E-state index is 13.3. The third kappa shape index (κ3) is 12.0. The Labute approximate surface area is 368 Å². The lowest BCUT2D eigenvalue weighted by molar-refractivity contribution is -0.118. The third-order valence-corrected chi connectivity index (χ3v) is 11.6. The van der Waals surface area contributed by atoms with Gasteiger partial charge in [-0.2, -0.15) is 0 Å². The fourth-order valence-corrected chi connectivity index (χ4v) is 8.00. The number of amides is 3. The molecule has 0 saturated carbocycles. The first-order valence-corrected chi connectivity index (χ1v) is 21.1.